The van der Waals surface area contributed by atoms with E-state index in [1.54, 1.807) is 0 Å². The van der Waals surface area contributed by atoms with Crippen LogP contribution >= 0.6 is 0 Å². The van der Waals surface area contributed by atoms with Gasteiger partial charge in [-0.05, 0) is 50.2 Å². The molecular formula is C45H41N7O4. The molecule has 11 heteroatoms. The Morgan fingerprint density at radius 3 is 1.93 bits per heavy atom. The van der Waals surface area contributed by atoms with Crippen LogP contribution in [0.2, 0.25) is 0 Å². The number of benzene rings is 5. The number of methoxy groups -OCH3 is 1. The Bertz CT molecular complexity index is 2270. The molecule has 0 saturated heterocycles. The number of carbonyl (C=O) groups excluding carboxylic acids is 2. The van der Waals surface area contributed by atoms with E-state index >= 15 is 0 Å². The van der Waals surface area contributed by atoms with E-state index in [0.29, 0.717) is 24.7 Å². The first-order valence-corrected chi connectivity index (χ1v) is 18.5. The lowest BCUT2D eigenvalue weighted by molar-refractivity contribution is -0.144. The molecule has 0 amide bonds. The third-order valence-electron chi connectivity index (χ3n) is 9.71. The van der Waals surface area contributed by atoms with Crippen LogP contribution in [-0.4, -0.2) is 62.4 Å². The van der Waals surface area contributed by atoms with Crippen molar-refractivity contribution in [2.45, 2.75) is 31.8 Å². The first-order chi connectivity index (χ1) is 27.5. The summed E-state index contributed by atoms with van der Waals surface area (Å²) in [5.74, 6) is -0.302. The zero-order chi connectivity index (χ0) is 38.7. The zero-order valence-electron chi connectivity index (χ0n) is 31.2. The molecule has 2 aromatic heterocycles. The molecule has 0 spiro atoms. The molecule has 7 rings (SSSR count). The van der Waals surface area contributed by atoms with E-state index in [-0.39, 0.29) is 5.56 Å². The lowest BCUT2D eigenvalue weighted by atomic mass is 9.77. The molecule has 0 unspecified atom stereocenters. The summed E-state index contributed by atoms with van der Waals surface area (Å²) in [7, 11) is 1.24. The average molecular weight is 744 g/mol. The number of rotatable bonds is 15. The maximum Gasteiger partial charge on any atom is 0.344 e. The Morgan fingerprint density at radius 1 is 0.750 bits per heavy atom. The van der Waals surface area contributed by atoms with Crippen molar-refractivity contribution >= 4 is 17.8 Å². The van der Waals surface area contributed by atoms with Gasteiger partial charge < -0.3 is 14.4 Å². The lowest BCUT2D eigenvalue weighted by Gasteiger charge is -2.36. The molecule has 0 aliphatic rings. The predicted octanol–water partition coefficient (Wildman–Crippen LogP) is 7.77. The number of nitrogens with zero attached hydrogens (tertiary/aromatic N) is 7. The molecule has 0 aliphatic heterocycles. The van der Waals surface area contributed by atoms with Crippen molar-refractivity contribution < 1.29 is 19.1 Å². The van der Waals surface area contributed by atoms with E-state index in [1.807, 2.05) is 76.3 Å². The molecule has 5 aromatic carbocycles. The Labute approximate surface area is 325 Å². The van der Waals surface area contributed by atoms with E-state index < -0.39 is 24.1 Å². The second-order valence-corrected chi connectivity index (χ2v) is 13.2. The number of tetrazole rings is 1. The van der Waals surface area contributed by atoms with Gasteiger partial charge in [0, 0.05) is 24.8 Å². The van der Waals surface area contributed by atoms with Gasteiger partial charge in [-0.1, -0.05) is 153 Å². The van der Waals surface area contributed by atoms with Crippen molar-refractivity contribution in [2.75, 3.05) is 25.2 Å². The van der Waals surface area contributed by atoms with Gasteiger partial charge in [0.1, 0.15) is 23.2 Å². The van der Waals surface area contributed by atoms with Gasteiger partial charge in [-0.2, -0.15) is 0 Å². The van der Waals surface area contributed by atoms with Crippen LogP contribution in [0.4, 0.5) is 5.82 Å². The van der Waals surface area contributed by atoms with Crippen molar-refractivity contribution in [3.05, 3.63) is 180 Å². The van der Waals surface area contributed by atoms with Crippen molar-refractivity contribution in [2.24, 2.45) is 0 Å². The van der Waals surface area contributed by atoms with Crippen LogP contribution in [0.25, 0.3) is 22.5 Å². The first-order valence-electron chi connectivity index (χ1n) is 18.5. The molecule has 0 fully saturated rings. The van der Waals surface area contributed by atoms with Gasteiger partial charge >= 0.3 is 11.9 Å². The van der Waals surface area contributed by atoms with Crippen molar-refractivity contribution in [1.82, 2.24) is 30.2 Å². The fraction of sp³-hybridized carbons (Fsp3) is 0.178. The normalized spacial score (nSPS) is 11.2. The third kappa shape index (κ3) is 7.65. The molecule has 11 nitrogen and oxygen atoms in total. The summed E-state index contributed by atoms with van der Waals surface area (Å²) in [6.45, 7) is 2.72. The quantitative estimate of drug-likeness (QED) is 0.0760. The van der Waals surface area contributed by atoms with E-state index in [2.05, 4.69) is 99.6 Å². The van der Waals surface area contributed by atoms with Gasteiger partial charge in [0.15, 0.2) is 12.4 Å². The highest BCUT2D eigenvalue weighted by Crippen LogP contribution is 2.43. The van der Waals surface area contributed by atoms with Crippen LogP contribution in [0.3, 0.4) is 0 Å². The second-order valence-electron chi connectivity index (χ2n) is 13.2. The Balaban J connectivity index is 1.26. The summed E-state index contributed by atoms with van der Waals surface area (Å²) in [5, 5.41) is 13.8. The number of anilines is 1. The summed E-state index contributed by atoms with van der Waals surface area (Å²) < 4.78 is 11.8. The molecule has 0 radical (unpaired) electrons. The molecule has 0 aliphatic carbocycles. The first kappa shape index (κ1) is 37.3. The molecule has 7 aromatic rings. The highest BCUT2D eigenvalue weighted by Gasteiger charge is 2.42. The molecule has 0 bridgehead atoms. The van der Waals surface area contributed by atoms with Gasteiger partial charge in [0.25, 0.3) is 0 Å². The minimum absolute atomic E-state index is 0.174. The fourth-order valence-electron chi connectivity index (χ4n) is 7.01. The Kier molecular flexibility index (Phi) is 11.6. The average Bonchev–Trinajstić information content (AvgIpc) is 3.76. The Morgan fingerprint density at radius 2 is 1.34 bits per heavy atom. The van der Waals surface area contributed by atoms with Crippen LogP contribution in [0.5, 0.6) is 0 Å². The SMILES string of the molecule is CCCCN(Cc1ccc(-c2ccccc2-c2nnnn2C(c2ccccc2)(c2ccccc2)c2ccccc2)cc1)c1ncncc1C(=O)OCC(=O)OC. The van der Waals surface area contributed by atoms with E-state index in [9.17, 15) is 9.59 Å². The zero-order valence-corrected chi connectivity index (χ0v) is 31.2. The topological polar surface area (TPSA) is 125 Å². The number of aromatic nitrogens is 6. The monoisotopic (exact) mass is 743 g/mol. The predicted molar refractivity (Wildman–Crippen MR) is 214 cm³/mol. The number of unbranched alkanes of at least 4 members (excludes halogenated alkanes) is 1. The van der Waals surface area contributed by atoms with Crippen molar-refractivity contribution in [3.8, 4) is 22.5 Å². The highest BCUT2D eigenvalue weighted by molar-refractivity contribution is 5.95. The highest BCUT2D eigenvalue weighted by atomic mass is 16.6. The van der Waals surface area contributed by atoms with Crippen LogP contribution in [0.1, 0.15) is 52.4 Å². The smallest absolute Gasteiger partial charge is 0.344 e. The largest absolute Gasteiger partial charge is 0.466 e. The third-order valence-corrected chi connectivity index (χ3v) is 9.71. The van der Waals surface area contributed by atoms with Gasteiger partial charge in [-0.15, -0.1) is 5.10 Å². The molecule has 0 saturated carbocycles. The summed E-state index contributed by atoms with van der Waals surface area (Å²) in [6.07, 6.45) is 4.63. The molecular weight excluding hydrogens is 703 g/mol. The van der Waals surface area contributed by atoms with Gasteiger partial charge in [0.2, 0.25) is 0 Å². The van der Waals surface area contributed by atoms with Crippen LogP contribution in [0.15, 0.2) is 152 Å². The van der Waals surface area contributed by atoms with Crippen molar-refractivity contribution in [3.63, 3.8) is 0 Å². The molecule has 2 heterocycles. The molecule has 56 heavy (non-hydrogen) atoms. The molecule has 0 N–H and O–H groups in total. The minimum Gasteiger partial charge on any atom is -0.466 e. The van der Waals surface area contributed by atoms with E-state index in [1.165, 1.54) is 19.6 Å². The van der Waals surface area contributed by atoms with Gasteiger partial charge in [-0.3, -0.25) is 0 Å². The maximum atomic E-state index is 13.0. The summed E-state index contributed by atoms with van der Waals surface area (Å²) in [6, 6.07) is 47.5. The van der Waals surface area contributed by atoms with Crippen LogP contribution in [-0.2, 0) is 26.4 Å². The second kappa shape index (κ2) is 17.4. The Hall–Kier alpha value is -7.01. The standard InChI is InChI=1S/C45H41N7O4/c1-3-4-28-51(42-40(29-46-32-47-42)44(54)56-31-41(53)55-2)30-33-24-26-34(27-25-33)38-22-14-15-23-39(38)43-48-49-50-52(43)45(35-16-8-5-9-17-35,36-18-10-6-11-19-36)37-20-12-7-13-21-37/h5-27,29,32H,3-4,28,30-31H2,1-2H3. The minimum atomic E-state index is -0.896. The summed E-state index contributed by atoms with van der Waals surface area (Å²) >= 11 is 0. The van der Waals surface area contributed by atoms with Crippen LogP contribution in [0, 0.1) is 0 Å². The van der Waals surface area contributed by atoms with E-state index in [4.69, 9.17) is 15.0 Å². The summed E-state index contributed by atoms with van der Waals surface area (Å²) in [4.78, 5) is 35.2. The van der Waals surface area contributed by atoms with Crippen molar-refractivity contribution in [1.29, 1.82) is 0 Å². The molecule has 280 valence electrons. The number of hydrogen-bond donors (Lipinski definition) is 0. The fourth-order valence-corrected chi connectivity index (χ4v) is 7.01. The maximum absolute atomic E-state index is 13.0. The van der Waals surface area contributed by atoms with Gasteiger partial charge in [0.05, 0.1) is 7.11 Å². The van der Waals surface area contributed by atoms with E-state index in [0.717, 1.165) is 51.8 Å². The van der Waals surface area contributed by atoms with Crippen LogP contribution < -0.4 is 4.90 Å². The number of carbonyl (C=O) groups is 2. The number of ether oxygens (including phenoxy) is 2. The number of hydrogen-bond acceptors (Lipinski definition) is 10. The molecule has 0 atom stereocenters. The lowest BCUT2D eigenvalue weighted by Crippen LogP contribution is -2.39. The van der Waals surface area contributed by atoms with Gasteiger partial charge in [-0.25, -0.2) is 24.2 Å². The number of esters is 2. The summed E-state index contributed by atoms with van der Waals surface area (Å²) in [5.41, 5.74) is 6.16.